The summed E-state index contributed by atoms with van der Waals surface area (Å²) in [5.74, 6) is 2.05. The number of methoxy groups -OCH3 is 1. The van der Waals surface area contributed by atoms with Crippen LogP contribution in [-0.2, 0) is 0 Å². The maximum absolute atomic E-state index is 5.89. The Labute approximate surface area is 119 Å². The van der Waals surface area contributed by atoms with Gasteiger partial charge in [0.2, 0.25) is 0 Å². The van der Waals surface area contributed by atoms with Gasteiger partial charge in [0.1, 0.15) is 5.75 Å². The second kappa shape index (κ2) is 5.60. The van der Waals surface area contributed by atoms with E-state index in [1.54, 1.807) is 25.3 Å². The van der Waals surface area contributed by atoms with Gasteiger partial charge in [0.25, 0.3) is 0 Å². The molecule has 0 aliphatic carbocycles. The first-order valence-electron chi connectivity index (χ1n) is 4.96. The molecule has 0 heterocycles. The maximum Gasteiger partial charge on any atom is 0.169 e. The first kappa shape index (κ1) is 12.5. The van der Waals surface area contributed by atoms with Crippen molar-refractivity contribution in [3.05, 3.63) is 51.1 Å². The molecule has 0 saturated heterocycles. The van der Waals surface area contributed by atoms with Crippen molar-refractivity contribution in [3.63, 3.8) is 0 Å². The van der Waals surface area contributed by atoms with Gasteiger partial charge in [-0.05, 0) is 52.9 Å². The van der Waals surface area contributed by atoms with Gasteiger partial charge in [-0.25, -0.2) is 0 Å². The van der Waals surface area contributed by atoms with E-state index in [1.807, 2.05) is 24.3 Å². The van der Waals surface area contributed by atoms with E-state index in [1.165, 1.54) is 0 Å². The van der Waals surface area contributed by atoms with Crippen LogP contribution in [0.15, 0.2) is 42.5 Å². The van der Waals surface area contributed by atoms with Crippen molar-refractivity contribution in [1.82, 2.24) is 0 Å². The maximum atomic E-state index is 5.89. The first-order valence-corrected chi connectivity index (χ1v) is 6.41. The predicted molar refractivity (Wildman–Crippen MR) is 77.2 cm³/mol. The average Bonchev–Trinajstić information content (AvgIpc) is 2.31. The molecule has 0 atom stereocenters. The quantitative estimate of drug-likeness (QED) is 0.736. The summed E-state index contributed by atoms with van der Waals surface area (Å²) in [6.45, 7) is 0. The summed E-state index contributed by atoms with van der Waals surface area (Å²) in [7, 11) is 1.59. The van der Waals surface area contributed by atoms with E-state index in [0.29, 0.717) is 16.5 Å². The molecule has 0 bridgehead atoms. The van der Waals surface area contributed by atoms with E-state index >= 15 is 0 Å². The molecule has 2 aromatic carbocycles. The van der Waals surface area contributed by atoms with Crippen LogP contribution in [0.1, 0.15) is 0 Å². The third kappa shape index (κ3) is 3.26. The molecule has 0 amide bonds. The van der Waals surface area contributed by atoms with Crippen molar-refractivity contribution < 1.29 is 9.47 Å². The van der Waals surface area contributed by atoms with Crippen LogP contribution >= 0.6 is 34.2 Å². The monoisotopic (exact) mass is 360 g/mol. The second-order valence-electron chi connectivity index (χ2n) is 3.35. The number of ether oxygens (including phenoxy) is 2. The van der Waals surface area contributed by atoms with Crippen LogP contribution < -0.4 is 9.47 Å². The molecule has 0 aliphatic rings. The average molecular weight is 361 g/mol. The van der Waals surface area contributed by atoms with Crippen LogP contribution in [0, 0.1) is 3.57 Å². The lowest BCUT2D eigenvalue weighted by atomic mass is 10.3. The third-order valence-electron chi connectivity index (χ3n) is 2.15. The molecule has 0 aliphatic heterocycles. The first-order chi connectivity index (χ1) is 8.19. The van der Waals surface area contributed by atoms with E-state index in [4.69, 9.17) is 21.1 Å². The Morgan fingerprint density at radius 3 is 2.59 bits per heavy atom. The minimum atomic E-state index is 0.622. The van der Waals surface area contributed by atoms with Gasteiger partial charge in [-0.3, -0.25) is 0 Å². The summed E-state index contributed by atoms with van der Waals surface area (Å²) in [6.07, 6.45) is 0. The van der Waals surface area contributed by atoms with Crippen molar-refractivity contribution in [2.24, 2.45) is 0 Å². The highest BCUT2D eigenvalue weighted by Gasteiger charge is 2.06. The second-order valence-corrected chi connectivity index (χ2v) is 5.04. The van der Waals surface area contributed by atoms with Gasteiger partial charge >= 0.3 is 0 Å². The van der Waals surface area contributed by atoms with Gasteiger partial charge in [0.15, 0.2) is 11.5 Å². The Bertz CT molecular complexity index is 529. The minimum absolute atomic E-state index is 0.622. The SMILES string of the molecule is COc1cc(Cl)ccc1Oc1cccc(I)c1. The molecular weight excluding hydrogens is 350 g/mol. The summed E-state index contributed by atoms with van der Waals surface area (Å²) in [6, 6.07) is 13.1. The van der Waals surface area contributed by atoms with E-state index < -0.39 is 0 Å². The summed E-state index contributed by atoms with van der Waals surface area (Å²) < 4.78 is 12.1. The van der Waals surface area contributed by atoms with Gasteiger partial charge in [-0.15, -0.1) is 0 Å². The topological polar surface area (TPSA) is 18.5 Å². The molecule has 0 fully saturated rings. The van der Waals surface area contributed by atoms with Crippen LogP contribution in [-0.4, -0.2) is 7.11 Å². The van der Waals surface area contributed by atoms with Crippen molar-refractivity contribution in [2.75, 3.05) is 7.11 Å². The molecule has 0 aromatic heterocycles. The Morgan fingerprint density at radius 1 is 1.06 bits per heavy atom. The van der Waals surface area contributed by atoms with E-state index in [0.717, 1.165) is 9.32 Å². The molecule has 0 unspecified atom stereocenters. The van der Waals surface area contributed by atoms with Gasteiger partial charge in [0.05, 0.1) is 7.11 Å². The zero-order chi connectivity index (χ0) is 12.3. The normalized spacial score (nSPS) is 10.1. The van der Waals surface area contributed by atoms with Gasteiger partial charge < -0.3 is 9.47 Å². The molecule has 88 valence electrons. The van der Waals surface area contributed by atoms with E-state index in [9.17, 15) is 0 Å². The molecule has 0 N–H and O–H groups in total. The van der Waals surface area contributed by atoms with E-state index in [2.05, 4.69) is 22.6 Å². The Kier molecular flexibility index (Phi) is 4.12. The van der Waals surface area contributed by atoms with Crippen molar-refractivity contribution in [2.45, 2.75) is 0 Å². The molecule has 0 spiro atoms. The summed E-state index contributed by atoms with van der Waals surface area (Å²) in [4.78, 5) is 0. The molecule has 2 nitrogen and oxygen atoms in total. The zero-order valence-corrected chi connectivity index (χ0v) is 12.0. The zero-order valence-electron chi connectivity index (χ0n) is 9.11. The highest BCUT2D eigenvalue weighted by molar-refractivity contribution is 14.1. The molecular formula is C13H10ClIO2. The lowest BCUT2D eigenvalue weighted by molar-refractivity contribution is 0.379. The van der Waals surface area contributed by atoms with Crippen molar-refractivity contribution in [3.8, 4) is 17.2 Å². The standard InChI is InChI=1S/C13H10ClIO2/c1-16-13-7-9(14)5-6-12(13)17-11-4-2-3-10(15)8-11/h2-8H,1H3. The van der Waals surface area contributed by atoms with Crippen LogP contribution in [0.25, 0.3) is 0 Å². The van der Waals surface area contributed by atoms with Crippen LogP contribution in [0.2, 0.25) is 5.02 Å². The van der Waals surface area contributed by atoms with Crippen LogP contribution in [0.3, 0.4) is 0 Å². The van der Waals surface area contributed by atoms with Crippen LogP contribution in [0.4, 0.5) is 0 Å². The molecule has 17 heavy (non-hydrogen) atoms. The smallest absolute Gasteiger partial charge is 0.169 e. The lowest BCUT2D eigenvalue weighted by Gasteiger charge is -2.10. The van der Waals surface area contributed by atoms with Crippen molar-refractivity contribution in [1.29, 1.82) is 0 Å². The summed E-state index contributed by atoms with van der Waals surface area (Å²) in [5, 5.41) is 0.622. The van der Waals surface area contributed by atoms with Gasteiger partial charge in [0, 0.05) is 14.7 Å². The lowest BCUT2D eigenvalue weighted by Crippen LogP contribution is -1.90. The predicted octanol–water partition coefficient (Wildman–Crippen LogP) is 4.75. The Morgan fingerprint density at radius 2 is 1.88 bits per heavy atom. The largest absolute Gasteiger partial charge is 0.493 e. The van der Waals surface area contributed by atoms with Crippen LogP contribution in [0.5, 0.6) is 17.2 Å². The molecule has 2 rings (SSSR count). The number of hydrogen-bond acceptors (Lipinski definition) is 2. The Hall–Kier alpha value is -0.940. The number of benzene rings is 2. The fourth-order valence-corrected chi connectivity index (χ4v) is 2.06. The fourth-order valence-electron chi connectivity index (χ4n) is 1.38. The highest BCUT2D eigenvalue weighted by Crippen LogP contribution is 2.33. The molecule has 0 radical (unpaired) electrons. The van der Waals surface area contributed by atoms with Crippen molar-refractivity contribution >= 4 is 34.2 Å². The summed E-state index contributed by atoms with van der Waals surface area (Å²) in [5.41, 5.74) is 0. The minimum Gasteiger partial charge on any atom is -0.493 e. The summed E-state index contributed by atoms with van der Waals surface area (Å²) >= 11 is 8.13. The highest BCUT2D eigenvalue weighted by atomic mass is 127. The number of halogens is 2. The van der Waals surface area contributed by atoms with E-state index in [-0.39, 0.29) is 0 Å². The fraction of sp³-hybridized carbons (Fsp3) is 0.0769. The Balaban J connectivity index is 2.29. The molecule has 4 heteroatoms. The third-order valence-corrected chi connectivity index (χ3v) is 3.06. The van der Waals surface area contributed by atoms with Gasteiger partial charge in [-0.2, -0.15) is 0 Å². The molecule has 2 aromatic rings. The molecule has 0 saturated carbocycles. The number of rotatable bonds is 3. The number of hydrogen-bond donors (Lipinski definition) is 0. The van der Waals surface area contributed by atoms with Gasteiger partial charge in [-0.1, -0.05) is 17.7 Å².